The third-order valence-corrected chi connectivity index (χ3v) is 3.74. The molecule has 5 nitrogen and oxygen atoms in total. The van der Waals surface area contributed by atoms with E-state index >= 15 is 0 Å². The fourth-order valence-corrected chi connectivity index (χ4v) is 2.46. The van der Waals surface area contributed by atoms with Gasteiger partial charge in [-0.2, -0.15) is 0 Å². The quantitative estimate of drug-likeness (QED) is 0.753. The molecule has 1 unspecified atom stereocenters. The SMILES string of the molecule is O=C(CNC(=O)c1cccs1)NC(CO)c1ccccc1. The molecule has 0 aliphatic carbocycles. The molecule has 0 saturated heterocycles. The van der Waals surface area contributed by atoms with E-state index in [4.69, 9.17) is 0 Å². The number of rotatable bonds is 6. The van der Waals surface area contributed by atoms with Crippen molar-refractivity contribution in [2.75, 3.05) is 13.2 Å². The Hall–Kier alpha value is -2.18. The average Bonchev–Trinajstić information content (AvgIpc) is 3.05. The minimum Gasteiger partial charge on any atom is -0.394 e. The van der Waals surface area contributed by atoms with Crippen LogP contribution in [0.5, 0.6) is 0 Å². The summed E-state index contributed by atoms with van der Waals surface area (Å²) in [6.07, 6.45) is 0. The highest BCUT2D eigenvalue weighted by Gasteiger charge is 2.14. The molecule has 1 atom stereocenters. The number of nitrogens with one attached hydrogen (secondary N) is 2. The summed E-state index contributed by atoms with van der Waals surface area (Å²) >= 11 is 1.31. The molecule has 2 amide bonds. The Morgan fingerprint density at radius 1 is 1.14 bits per heavy atom. The van der Waals surface area contributed by atoms with Crippen molar-refractivity contribution >= 4 is 23.2 Å². The van der Waals surface area contributed by atoms with Crippen molar-refractivity contribution in [1.82, 2.24) is 10.6 Å². The molecule has 6 heteroatoms. The van der Waals surface area contributed by atoms with Crippen molar-refractivity contribution in [2.24, 2.45) is 0 Å². The van der Waals surface area contributed by atoms with Gasteiger partial charge in [0, 0.05) is 0 Å². The van der Waals surface area contributed by atoms with Gasteiger partial charge in [0.2, 0.25) is 5.91 Å². The molecular weight excluding hydrogens is 288 g/mol. The predicted molar refractivity (Wildman–Crippen MR) is 81.1 cm³/mol. The Kier molecular flexibility index (Phi) is 5.48. The van der Waals surface area contributed by atoms with Crippen LogP contribution < -0.4 is 10.6 Å². The smallest absolute Gasteiger partial charge is 0.261 e. The summed E-state index contributed by atoms with van der Waals surface area (Å²) in [6, 6.07) is 12.2. The first-order valence-corrected chi connectivity index (χ1v) is 7.35. The fraction of sp³-hybridized carbons (Fsp3) is 0.200. The first-order valence-electron chi connectivity index (χ1n) is 6.47. The van der Waals surface area contributed by atoms with Gasteiger partial charge in [-0.05, 0) is 17.0 Å². The van der Waals surface area contributed by atoms with E-state index < -0.39 is 6.04 Å². The van der Waals surface area contributed by atoms with Gasteiger partial charge in [0.15, 0.2) is 0 Å². The molecule has 1 heterocycles. The molecule has 2 aromatic rings. The van der Waals surface area contributed by atoms with E-state index in [-0.39, 0.29) is 25.0 Å². The topological polar surface area (TPSA) is 78.4 Å². The monoisotopic (exact) mass is 304 g/mol. The van der Waals surface area contributed by atoms with Gasteiger partial charge in [0.05, 0.1) is 24.1 Å². The summed E-state index contributed by atoms with van der Waals surface area (Å²) in [5.41, 5.74) is 0.818. The van der Waals surface area contributed by atoms with E-state index in [1.54, 1.807) is 17.5 Å². The van der Waals surface area contributed by atoms with Crippen LogP contribution in [0.1, 0.15) is 21.3 Å². The van der Waals surface area contributed by atoms with Gasteiger partial charge in [0.1, 0.15) is 0 Å². The number of amides is 2. The van der Waals surface area contributed by atoms with Gasteiger partial charge in [0.25, 0.3) is 5.91 Å². The van der Waals surface area contributed by atoms with Crippen molar-refractivity contribution in [2.45, 2.75) is 6.04 Å². The van der Waals surface area contributed by atoms with Gasteiger partial charge >= 0.3 is 0 Å². The number of hydrogen-bond donors (Lipinski definition) is 3. The molecule has 0 aliphatic heterocycles. The number of carbonyl (C=O) groups is 2. The van der Waals surface area contributed by atoms with Crippen LogP contribution in [0.15, 0.2) is 47.8 Å². The maximum Gasteiger partial charge on any atom is 0.261 e. The van der Waals surface area contributed by atoms with E-state index in [2.05, 4.69) is 10.6 Å². The zero-order chi connectivity index (χ0) is 15.1. The maximum atomic E-state index is 11.8. The van der Waals surface area contributed by atoms with Crippen LogP contribution in [0.4, 0.5) is 0 Å². The van der Waals surface area contributed by atoms with E-state index in [0.717, 1.165) is 5.56 Å². The summed E-state index contributed by atoms with van der Waals surface area (Å²) in [4.78, 5) is 24.1. The molecule has 0 bridgehead atoms. The van der Waals surface area contributed by atoms with E-state index in [0.29, 0.717) is 4.88 Å². The van der Waals surface area contributed by atoms with Crippen LogP contribution in [0.2, 0.25) is 0 Å². The lowest BCUT2D eigenvalue weighted by molar-refractivity contribution is -0.121. The van der Waals surface area contributed by atoms with Gasteiger partial charge in [-0.1, -0.05) is 36.4 Å². The largest absolute Gasteiger partial charge is 0.394 e. The first-order chi connectivity index (χ1) is 10.2. The number of aliphatic hydroxyl groups excluding tert-OH is 1. The van der Waals surface area contributed by atoms with Crippen LogP contribution in [0.3, 0.4) is 0 Å². The van der Waals surface area contributed by atoms with Crippen molar-refractivity contribution < 1.29 is 14.7 Å². The fourth-order valence-electron chi connectivity index (χ4n) is 1.82. The molecule has 0 radical (unpaired) electrons. The van der Waals surface area contributed by atoms with Crippen LogP contribution in [0.25, 0.3) is 0 Å². The molecule has 110 valence electrons. The first kappa shape index (κ1) is 15.2. The molecule has 2 rings (SSSR count). The average molecular weight is 304 g/mol. The summed E-state index contributed by atoms with van der Waals surface area (Å²) < 4.78 is 0. The van der Waals surface area contributed by atoms with Crippen LogP contribution in [-0.4, -0.2) is 30.1 Å². The second kappa shape index (κ2) is 7.56. The van der Waals surface area contributed by atoms with E-state index in [1.165, 1.54) is 11.3 Å². The van der Waals surface area contributed by atoms with Gasteiger partial charge < -0.3 is 15.7 Å². The number of hydrogen-bond acceptors (Lipinski definition) is 4. The third kappa shape index (κ3) is 4.40. The Balaban J connectivity index is 1.85. The van der Waals surface area contributed by atoms with Gasteiger partial charge in [-0.25, -0.2) is 0 Å². The second-order valence-electron chi connectivity index (χ2n) is 4.37. The third-order valence-electron chi connectivity index (χ3n) is 2.87. The van der Waals surface area contributed by atoms with Crippen molar-refractivity contribution in [3.05, 3.63) is 58.3 Å². The molecule has 0 spiro atoms. The molecule has 21 heavy (non-hydrogen) atoms. The lowest BCUT2D eigenvalue weighted by atomic mass is 10.1. The van der Waals surface area contributed by atoms with Crippen LogP contribution in [-0.2, 0) is 4.79 Å². The predicted octanol–water partition coefficient (Wildman–Crippen LogP) is 1.33. The van der Waals surface area contributed by atoms with E-state index in [1.807, 2.05) is 30.3 Å². The van der Waals surface area contributed by atoms with Crippen LogP contribution >= 0.6 is 11.3 Å². The number of aliphatic hydroxyl groups is 1. The van der Waals surface area contributed by atoms with E-state index in [9.17, 15) is 14.7 Å². The van der Waals surface area contributed by atoms with Gasteiger partial charge in [-0.15, -0.1) is 11.3 Å². The molecule has 1 aromatic carbocycles. The maximum absolute atomic E-state index is 11.8. The minimum atomic E-state index is -0.475. The highest BCUT2D eigenvalue weighted by Crippen LogP contribution is 2.11. The lowest BCUT2D eigenvalue weighted by Gasteiger charge is -2.16. The summed E-state index contributed by atoms with van der Waals surface area (Å²) in [5, 5.41) is 16.4. The summed E-state index contributed by atoms with van der Waals surface area (Å²) in [6.45, 7) is -0.325. The molecule has 0 aliphatic rings. The molecule has 0 saturated carbocycles. The summed E-state index contributed by atoms with van der Waals surface area (Å²) in [5.74, 6) is -0.622. The molecule has 1 aromatic heterocycles. The second-order valence-corrected chi connectivity index (χ2v) is 5.32. The molecule has 3 N–H and O–H groups in total. The zero-order valence-electron chi connectivity index (χ0n) is 11.3. The molecular formula is C15H16N2O3S. The molecule has 0 fully saturated rings. The zero-order valence-corrected chi connectivity index (χ0v) is 12.1. The summed E-state index contributed by atoms with van der Waals surface area (Å²) in [7, 11) is 0. The number of thiophene rings is 1. The number of benzene rings is 1. The highest BCUT2D eigenvalue weighted by atomic mass is 32.1. The Morgan fingerprint density at radius 3 is 2.52 bits per heavy atom. The normalized spacial score (nSPS) is 11.7. The van der Waals surface area contributed by atoms with Crippen molar-refractivity contribution in [3.63, 3.8) is 0 Å². The van der Waals surface area contributed by atoms with Crippen molar-refractivity contribution in [3.8, 4) is 0 Å². The number of carbonyl (C=O) groups excluding carboxylic acids is 2. The standard InChI is InChI=1S/C15H16N2O3S/c18-10-12(11-5-2-1-3-6-11)17-14(19)9-16-15(20)13-7-4-8-21-13/h1-8,12,18H,9-10H2,(H,16,20)(H,17,19). The Bertz CT molecular complexity index is 584. The van der Waals surface area contributed by atoms with Crippen molar-refractivity contribution in [1.29, 1.82) is 0 Å². The Morgan fingerprint density at radius 2 is 1.90 bits per heavy atom. The minimum absolute atomic E-state index is 0.125. The lowest BCUT2D eigenvalue weighted by Crippen LogP contribution is -2.39. The Labute approximate surface area is 126 Å². The van der Waals surface area contributed by atoms with Gasteiger partial charge in [-0.3, -0.25) is 9.59 Å². The van der Waals surface area contributed by atoms with Crippen LogP contribution in [0, 0.1) is 0 Å². The highest BCUT2D eigenvalue weighted by molar-refractivity contribution is 7.12.